The number of anilines is 1. The topological polar surface area (TPSA) is 55.9 Å². The monoisotopic (exact) mass is 264 g/mol. The van der Waals surface area contributed by atoms with Crippen molar-refractivity contribution < 1.29 is 0 Å². The van der Waals surface area contributed by atoms with Crippen LogP contribution >= 0.6 is 23.6 Å². The molecule has 17 heavy (non-hydrogen) atoms. The lowest BCUT2D eigenvalue weighted by molar-refractivity contribution is 0.937. The molecule has 2 aromatic heterocycles. The van der Waals surface area contributed by atoms with Gasteiger partial charge in [0, 0.05) is 12.1 Å². The minimum Gasteiger partial charge on any atom is -0.374 e. The predicted molar refractivity (Wildman–Crippen MR) is 74.7 cm³/mol. The molecule has 2 aromatic rings. The molecule has 0 saturated carbocycles. The first-order chi connectivity index (χ1) is 8.16. The molecule has 0 radical (unpaired) electrons. The molecule has 1 aliphatic heterocycles. The second-order valence-electron chi connectivity index (χ2n) is 4.09. The van der Waals surface area contributed by atoms with Crippen LogP contribution in [0.4, 0.5) is 5.82 Å². The van der Waals surface area contributed by atoms with Gasteiger partial charge in [-0.2, -0.15) is 9.78 Å². The Morgan fingerprint density at radius 2 is 2.47 bits per heavy atom. The largest absolute Gasteiger partial charge is 0.374 e. The van der Waals surface area contributed by atoms with Gasteiger partial charge in [0.1, 0.15) is 11.5 Å². The molecule has 0 atom stereocenters. The molecule has 3 heterocycles. The third kappa shape index (κ3) is 1.64. The number of nitrogens with one attached hydrogen (secondary N) is 1. The van der Waals surface area contributed by atoms with Crippen LogP contribution in [0.3, 0.4) is 0 Å². The Morgan fingerprint density at radius 1 is 1.65 bits per heavy atom. The molecule has 0 fully saturated rings. The van der Waals surface area contributed by atoms with E-state index in [1.165, 1.54) is 16.0 Å². The summed E-state index contributed by atoms with van der Waals surface area (Å²) in [5.74, 6) is 0.957. The minimum atomic E-state index is 0.287. The number of rotatable bonds is 1. The molecule has 0 spiro atoms. The zero-order valence-corrected chi connectivity index (χ0v) is 11.0. The Balaban J connectivity index is 2.18. The van der Waals surface area contributed by atoms with E-state index in [-0.39, 0.29) is 5.11 Å². The van der Waals surface area contributed by atoms with Gasteiger partial charge in [0.2, 0.25) is 0 Å². The predicted octanol–water partition coefficient (Wildman–Crippen LogP) is 1.98. The Morgan fingerprint density at radius 3 is 3.12 bits per heavy atom. The summed E-state index contributed by atoms with van der Waals surface area (Å²) in [5.41, 5.74) is 9.17. The minimum absolute atomic E-state index is 0.287. The highest BCUT2D eigenvalue weighted by Crippen LogP contribution is 2.35. The molecular formula is C11H12N4S2. The zero-order valence-electron chi connectivity index (χ0n) is 9.36. The van der Waals surface area contributed by atoms with Crippen molar-refractivity contribution in [1.82, 2.24) is 9.78 Å². The number of thiophene rings is 1. The lowest BCUT2D eigenvalue weighted by Gasteiger charge is -2.01. The lowest BCUT2D eigenvalue weighted by atomic mass is 10.1. The van der Waals surface area contributed by atoms with Crippen LogP contribution in [0.5, 0.6) is 0 Å². The molecule has 0 amide bonds. The number of nitrogens with two attached hydrogens (primary N) is 1. The van der Waals surface area contributed by atoms with Crippen molar-refractivity contribution in [2.75, 3.05) is 11.9 Å². The van der Waals surface area contributed by atoms with E-state index in [9.17, 15) is 0 Å². The zero-order chi connectivity index (χ0) is 12.0. The highest BCUT2D eigenvalue weighted by molar-refractivity contribution is 7.80. The van der Waals surface area contributed by atoms with E-state index < -0.39 is 0 Å². The second-order valence-corrected chi connectivity index (χ2v) is 5.42. The van der Waals surface area contributed by atoms with Crippen molar-refractivity contribution in [3.63, 3.8) is 0 Å². The van der Waals surface area contributed by atoms with Gasteiger partial charge in [-0.3, -0.25) is 0 Å². The maximum absolute atomic E-state index is 5.68. The van der Waals surface area contributed by atoms with E-state index in [1.54, 1.807) is 16.0 Å². The summed E-state index contributed by atoms with van der Waals surface area (Å²) in [4.78, 5) is 1.18. The fraction of sp³-hybridized carbons (Fsp3) is 0.273. The Kier molecular flexibility index (Phi) is 2.41. The number of aromatic nitrogens is 2. The third-order valence-electron chi connectivity index (χ3n) is 2.82. The maximum Gasteiger partial charge on any atom is 0.193 e. The number of aryl methyl sites for hydroxylation is 1. The van der Waals surface area contributed by atoms with Gasteiger partial charge in [-0.1, -0.05) is 0 Å². The van der Waals surface area contributed by atoms with Gasteiger partial charge < -0.3 is 11.1 Å². The van der Waals surface area contributed by atoms with Crippen LogP contribution < -0.4 is 11.1 Å². The highest BCUT2D eigenvalue weighted by Gasteiger charge is 2.24. The van der Waals surface area contributed by atoms with E-state index in [4.69, 9.17) is 18.0 Å². The molecule has 0 saturated heterocycles. The van der Waals surface area contributed by atoms with E-state index in [0.29, 0.717) is 0 Å². The molecular weight excluding hydrogens is 252 g/mol. The molecule has 0 unspecified atom stereocenters. The van der Waals surface area contributed by atoms with E-state index in [2.05, 4.69) is 28.8 Å². The summed E-state index contributed by atoms with van der Waals surface area (Å²) in [6.07, 6.45) is 0.976. The molecule has 0 bridgehead atoms. The molecule has 3 N–H and O–H groups in total. The molecule has 0 aromatic carbocycles. The number of hydrogen-bond donors (Lipinski definition) is 2. The van der Waals surface area contributed by atoms with Crippen LogP contribution in [0.1, 0.15) is 11.1 Å². The van der Waals surface area contributed by atoms with E-state index in [1.807, 2.05) is 0 Å². The quantitative estimate of drug-likeness (QED) is 0.773. The lowest BCUT2D eigenvalue weighted by Crippen LogP contribution is -2.22. The molecule has 88 valence electrons. The standard InChI is InChI=1S/C11H12N4S2/c1-6-4-8(17-5-6)9-7-2-3-13-10(7)15(14-9)11(12)16/h4-5,13H,2-3H2,1H3,(H2,12,16). The average molecular weight is 264 g/mol. The first-order valence-electron chi connectivity index (χ1n) is 5.38. The first kappa shape index (κ1) is 10.7. The van der Waals surface area contributed by atoms with Crippen LogP contribution in [0.15, 0.2) is 11.4 Å². The molecule has 1 aliphatic rings. The van der Waals surface area contributed by atoms with Gasteiger partial charge >= 0.3 is 0 Å². The molecule has 4 nitrogen and oxygen atoms in total. The molecule has 3 rings (SSSR count). The van der Waals surface area contributed by atoms with E-state index in [0.717, 1.165) is 24.5 Å². The van der Waals surface area contributed by atoms with Gasteiger partial charge in [-0.25, -0.2) is 0 Å². The van der Waals surface area contributed by atoms with Crippen LogP contribution in [0.25, 0.3) is 10.6 Å². The van der Waals surface area contributed by atoms with Gasteiger partial charge in [-0.05, 0) is 42.6 Å². The van der Waals surface area contributed by atoms with Crippen LogP contribution in [-0.4, -0.2) is 21.4 Å². The number of hydrogen-bond acceptors (Lipinski definition) is 4. The van der Waals surface area contributed by atoms with Crippen molar-refractivity contribution in [2.45, 2.75) is 13.3 Å². The number of nitrogens with zero attached hydrogens (tertiary/aromatic N) is 2. The van der Waals surface area contributed by atoms with Crippen LogP contribution in [0, 0.1) is 6.92 Å². The average Bonchev–Trinajstić information content (AvgIpc) is 2.90. The Bertz CT molecular complexity index is 597. The fourth-order valence-electron chi connectivity index (χ4n) is 2.09. The van der Waals surface area contributed by atoms with Crippen molar-refractivity contribution in [3.05, 3.63) is 22.6 Å². The maximum atomic E-state index is 5.68. The second kappa shape index (κ2) is 3.82. The summed E-state index contributed by atoms with van der Waals surface area (Å²) in [6, 6.07) is 2.15. The van der Waals surface area contributed by atoms with Gasteiger partial charge in [0.05, 0.1) is 4.88 Å². The number of thiocarbonyl (C=S) groups is 1. The summed E-state index contributed by atoms with van der Waals surface area (Å²) < 4.78 is 1.63. The van der Waals surface area contributed by atoms with Gasteiger partial charge in [-0.15, -0.1) is 11.3 Å². The summed E-state index contributed by atoms with van der Waals surface area (Å²) >= 11 is 6.72. The first-order valence-corrected chi connectivity index (χ1v) is 6.66. The van der Waals surface area contributed by atoms with Crippen LogP contribution in [-0.2, 0) is 6.42 Å². The van der Waals surface area contributed by atoms with Crippen molar-refractivity contribution in [2.24, 2.45) is 5.73 Å². The fourth-order valence-corrected chi connectivity index (χ4v) is 3.13. The van der Waals surface area contributed by atoms with Crippen molar-refractivity contribution in [3.8, 4) is 10.6 Å². The smallest absolute Gasteiger partial charge is 0.193 e. The molecule has 6 heteroatoms. The number of fused-ring (bicyclic) bond motifs is 1. The SMILES string of the molecule is Cc1csc(-c2nn(C(N)=S)c3c2CCN3)c1. The van der Waals surface area contributed by atoms with Crippen molar-refractivity contribution >= 4 is 34.5 Å². The van der Waals surface area contributed by atoms with E-state index >= 15 is 0 Å². The summed E-state index contributed by atoms with van der Waals surface area (Å²) in [7, 11) is 0. The summed E-state index contributed by atoms with van der Waals surface area (Å²) in [5, 5.41) is 10.2. The summed E-state index contributed by atoms with van der Waals surface area (Å²) in [6.45, 7) is 3.01. The Hall–Kier alpha value is -1.40. The molecule has 0 aliphatic carbocycles. The highest BCUT2D eigenvalue weighted by atomic mass is 32.1. The van der Waals surface area contributed by atoms with Crippen molar-refractivity contribution in [1.29, 1.82) is 0 Å². The van der Waals surface area contributed by atoms with Crippen LogP contribution in [0.2, 0.25) is 0 Å². The third-order valence-corrected chi connectivity index (χ3v) is 4.05. The Labute approximate surface area is 108 Å². The normalized spacial score (nSPS) is 13.5. The van der Waals surface area contributed by atoms with Gasteiger partial charge in [0.25, 0.3) is 0 Å². The van der Waals surface area contributed by atoms with Gasteiger partial charge in [0.15, 0.2) is 5.11 Å².